The number of thiophene rings is 1. The summed E-state index contributed by atoms with van der Waals surface area (Å²) in [5.41, 5.74) is 0. The Balaban J connectivity index is 0.000000963. The van der Waals surface area contributed by atoms with Gasteiger partial charge in [-0.05, 0) is 23.3 Å². The summed E-state index contributed by atoms with van der Waals surface area (Å²) in [6.45, 7) is 2.16. The normalized spacial score (nSPS) is 30.4. The van der Waals surface area contributed by atoms with Crippen molar-refractivity contribution >= 4 is 29.7 Å². The smallest absolute Gasteiger partial charge is 0.225 e. The lowest BCUT2D eigenvalue weighted by Gasteiger charge is -2.06. The topological polar surface area (TPSA) is 41.1 Å². The molecule has 2 fully saturated rings. The molecule has 88 valence electrons. The van der Waals surface area contributed by atoms with Gasteiger partial charge >= 0.3 is 0 Å². The first-order valence-corrected chi connectivity index (χ1v) is 6.25. The Morgan fingerprint density at radius 2 is 2.25 bits per heavy atom. The third kappa shape index (κ3) is 2.24. The maximum absolute atomic E-state index is 11.7. The van der Waals surface area contributed by atoms with Gasteiger partial charge in [-0.15, -0.1) is 23.7 Å². The van der Waals surface area contributed by atoms with Gasteiger partial charge in [0.2, 0.25) is 5.91 Å². The Hall–Kier alpha value is -0.580. The van der Waals surface area contributed by atoms with E-state index in [0.29, 0.717) is 24.3 Å². The van der Waals surface area contributed by atoms with Crippen LogP contribution in [0.15, 0.2) is 17.5 Å². The first-order valence-electron chi connectivity index (χ1n) is 5.37. The van der Waals surface area contributed by atoms with Gasteiger partial charge in [0.1, 0.15) is 0 Å². The van der Waals surface area contributed by atoms with E-state index in [1.165, 1.54) is 0 Å². The molecule has 0 aromatic carbocycles. The average Bonchev–Trinajstić information content (AvgIpc) is 2.65. The number of amides is 1. The SMILES string of the molecule is Cl.O=C(Cc1cccs1)NC1C2CNCC21. The van der Waals surface area contributed by atoms with Gasteiger partial charge in [0.15, 0.2) is 0 Å². The molecule has 1 saturated heterocycles. The molecule has 5 heteroatoms. The molecule has 2 unspecified atom stereocenters. The van der Waals surface area contributed by atoms with Crippen molar-refractivity contribution in [3.05, 3.63) is 22.4 Å². The Kier molecular flexibility index (Phi) is 3.52. The van der Waals surface area contributed by atoms with Gasteiger partial charge < -0.3 is 10.6 Å². The highest BCUT2D eigenvalue weighted by atomic mass is 35.5. The zero-order valence-electron chi connectivity index (χ0n) is 8.81. The van der Waals surface area contributed by atoms with Gasteiger partial charge in [-0.2, -0.15) is 0 Å². The number of halogens is 1. The minimum Gasteiger partial charge on any atom is -0.352 e. The van der Waals surface area contributed by atoms with Crippen LogP contribution in [0, 0.1) is 11.8 Å². The van der Waals surface area contributed by atoms with Crippen LogP contribution in [0.5, 0.6) is 0 Å². The summed E-state index contributed by atoms with van der Waals surface area (Å²) in [4.78, 5) is 12.8. The number of piperidine rings is 1. The molecule has 0 radical (unpaired) electrons. The largest absolute Gasteiger partial charge is 0.352 e. The molecule has 1 amide bonds. The molecule has 0 bridgehead atoms. The van der Waals surface area contributed by atoms with E-state index in [-0.39, 0.29) is 18.3 Å². The highest BCUT2D eigenvalue weighted by Gasteiger charge is 2.53. The number of carbonyl (C=O) groups is 1. The number of fused-ring (bicyclic) bond motifs is 1. The molecule has 1 saturated carbocycles. The Morgan fingerprint density at radius 1 is 1.50 bits per heavy atom. The summed E-state index contributed by atoms with van der Waals surface area (Å²) in [6.07, 6.45) is 0.543. The zero-order valence-corrected chi connectivity index (χ0v) is 10.4. The summed E-state index contributed by atoms with van der Waals surface area (Å²) in [6, 6.07) is 4.46. The minimum absolute atomic E-state index is 0. The molecule has 2 N–H and O–H groups in total. The van der Waals surface area contributed by atoms with Crippen molar-refractivity contribution in [2.45, 2.75) is 12.5 Å². The molecule has 2 heterocycles. The first kappa shape index (κ1) is 11.9. The fourth-order valence-corrected chi connectivity index (χ4v) is 3.14. The van der Waals surface area contributed by atoms with E-state index in [1.54, 1.807) is 11.3 Å². The van der Waals surface area contributed by atoms with Crippen LogP contribution in [-0.2, 0) is 11.2 Å². The monoisotopic (exact) mass is 258 g/mol. The number of carbonyl (C=O) groups excluding carboxylic acids is 1. The van der Waals surface area contributed by atoms with Crippen LogP contribution >= 0.6 is 23.7 Å². The predicted molar refractivity (Wildman–Crippen MR) is 67.1 cm³/mol. The number of hydrogen-bond acceptors (Lipinski definition) is 3. The Morgan fingerprint density at radius 3 is 2.88 bits per heavy atom. The lowest BCUT2D eigenvalue weighted by Crippen LogP contribution is -2.33. The van der Waals surface area contributed by atoms with Crippen LogP contribution in [0.2, 0.25) is 0 Å². The minimum atomic E-state index is 0. The molecule has 1 aromatic rings. The van der Waals surface area contributed by atoms with Crippen LogP contribution < -0.4 is 10.6 Å². The van der Waals surface area contributed by atoms with Gasteiger partial charge in [0.05, 0.1) is 6.42 Å². The van der Waals surface area contributed by atoms with Crippen LogP contribution in [0.25, 0.3) is 0 Å². The zero-order chi connectivity index (χ0) is 10.3. The third-order valence-electron chi connectivity index (χ3n) is 3.33. The van der Waals surface area contributed by atoms with Crippen molar-refractivity contribution in [3.63, 3.8) is 0 Å². The fraction of sp³-hybridized carbons (Fsp3) is 0.545. The summed E-state index contributed by atoms with van der Waals surface area (Å²) in [5.74, 6) is 1.59. The molecular weight excluding hydrogens is 244 g/mol. The summed E-state index contributed by atoms with van der Waals surface area (Å²) < 4.78 is 0. The van der Waals surface area contributed by atoms with Gasteiger partial charge in [0, 0.05) is 24.0 Å². The van der Waals surface area contributed by atoms with Crippen molar-refractivity contribution < 1.29 is 4.79 Å². The lowest BCUT2D eigenvalue weighted by atomic mass is 10.3. The maximum Gasteiger partial charge on any atom is 0.225 e. The van der Waals surface area contributed by atoms with E-state index in [4.69, 9.17) is 0 Å². The van der Waals surface area contributed by atoms with Gasteiger partial charge in [-0.3, -0.25) is 4.79 Å². The summed E-state index contributed by atoms with van der Waals surface area (Å²) in [5, 5.41) is 8.46. The van der Waals surface area contributed by atoms with Gasteiger partial charge in [-0.1, -0.05) is 6.07 Å². The second-order valence-electron chi connectivity index (χ2n) is 4.34. The summed E-state index contributed by atoms with van der Waals surface area (Å²) >= 11 is 1.65. The van der Waals surface area contributed by atoms with E-state index < -0.39 is 0 Å². The standard InChI is InChI=1S/C11H14N2OS.ClH/c14-10(4-7-2-1-3-15-7)13-11-8-5-12-6-9(8)11;/h1-3,8-9,11-12H,4-6H2,(H,13,14);1H. The second-order valence-corrected chi connectivity index (χ2v) is 5.37. The molecule has 1 aliphatic carbocycles. The molecule has 1 aromatic heterocycles. The van der Waals surface area contributed by atoms with Crippen LogP contribution in [0.1, 0.15) is 4.88 Å². The van der Waals surface area contributed by atoms with Gasteiger partial charge in [0.25, 0.3) is 0 Å². The van der Waals surface area contributed by atoms with E-state index in [1.807, 2.05) is 17.5 Å². The van der Waals surface area contributed by atoms with Crippen LogP contribution in [0.3, 0.4) is 0 Å². The maximum atomic E-state index is 11.7. The number of hydrogen-bond donors (Lipinski definition) is 2. The Labute approximate surface area is 105 Å². The first-order chi connectivity index (χ1) is 7.34. The average molecular weight is 259 g/mol. The molecule has 0 spiro atoms. The number of rotatable bonds is 3. The predicted octanol–water partition coefficient (Wildman–Crippen LogP) is 1.05. The molecule has 2 aliphatic rings. The van der Waals surface area contributed by atoms with Crippen LogP contribution in [0.4, 0.5) is 0 Å². The summed E-state index contributed by atoms with van der Waals surface area (Å²) in [7, 11) is 0. The van der Waals surface area contributed by atoms with E-state index in [2.05, 4.69) is 10.6 Å². The third-order valence-corrected chi connectivity index (χ3v) is 4.21. The number of nitrogens with one attached hydrogen (secondary N) is 2. The van der Waals surface area contributed by atoms with Crippen molar-refractivity contribution in [2.75, 3.05) is 13.1 Å². The molecule has 16 heavy (non-hydrogen) atoms. The molecule has 1 aliphatic heterocycles. The lowest BCUT2D eigenvalue weighted by molar-refractivity contribution is -0.120. The molecule has 3 rings (SSSR count). The highest BCUT2D eigenvalue weighted by Crippen LogP contribution is 2.41. The molecular formula is C11H15ClN2OS. The molecule has 3 nitrogen and oxygen atoms in total. The highest BCUT2D eigenvalue weighted by molar-refractivity contribution is 7.10. The molecule has 2 atom stereocenters. The van der Waals surface area contributed by atoms with Crippen molar-refractivity contribution in [3.8, 4) is 0 Å². The van der Waals surface area contributed by atoms with Crippen molar-refractivity contribution in [2.24, 2.45) is 11.8 Å². The van der Waals surface area contributed by atoms with Crippen molar-refractivity contribution in [1.29, 1.82) is 0 Å². The second kappa shape index (κ2) is 4.73. The van der Waals surface area contributed by atoms with E-state index >= 15 is 0 Å². The van der Waals surface area contributed by atoms with Gasteiger partial charge in [-0.25, -0.2) is 0 Å². The van der Waals surface area contributed by atoms with Crippen molar-refractivity contribution in [1.82, 2.24) is 10.6 Å². The van der Waals surface area contributed by atoms with E-state index in [0.717, 1.165) is 18.0 Å². The Bertz CT molecular complexity index is 358. The van der Waals surface area contributed by atoms with Crippen LogP contribution in [-0.4, -0.2) is 25.0 Å². The fourth-order valence-electron chi connectivity index (χ4n) is 2.44. The van der Waals surface area contributed by atoms with E-state index in [9.17, 15) is 4.79 Å². The quantitative estimate of drug-likeness (QED) is 0.851.